The van der Waals surface area contributed by atoms with E-state index in [0.29, 0.717) is 11.5 Å². The standard InChI is InChI=1S/C28H50O4/c1-8-9-10-13-20(2)14-11-15-21(3)16-12-17-22(4)18-19-24-23(5)25(29)27(31-6)28(32-7)26(24)30/h20-22,29-30H,8-19H2,1-7H3. The zero-order valence-electron chi connectivity index (χ0n) is 21.9. The molecule has 0 fully saturated rings. The minimum absolute atomic E-state index is 0.0540. The number of phenols is 2. The molecule has 0 aliphatic heterocycles. The van der Waals surface area contributed by atoms with Gasteiger partial charge in [-0.15, -0.1) is 0 Å². The number of hydrogen-bond donors (Lipinski definition) is 2. The van der Waals surface area contributed by atoms with Crippen molar-refractivity contribution in [2.45, 2.75) is 112 Å². The van der Waals surface area contributed by atoms with Crippen LogP contribution in [0.2, 0.25) is 0 Å². The molecule has 0 heterocycles. The SMILES string of the molecule is CCCCCC(C)CCCC(C)CCCC(C)CCc1c(C)c(O)c(OC)c(OC)c1O. The van der Waals surface area contributed by atoms with E-state index in [1.807, 2.05) is 6.92 Å². The fourth-order valence-corrected chi connectivity index (χ4v) is 4.72. The van der Waals surface area contributed by atoms with Gasteiger partial charge in [0.05, 0.1) is 14.2 Å². The van der Waals surface area contributed by atoms with Gasteiger partial charge in [-0.3, -0.25) is 0 Å². The number of methoxy groups -OCH3 is 2. The van der Waals surface area contributed by atoms with Crippen molar-refractivity contribution in [3.63, 3.8) is 0 Å². The van der Waals surface area contributed by atoms with Crippen LogP contribution in [0.25, 0.3) is 0 Å². The van der Waals surface area contributed by atoms with E-state index in [1.165, 1.54) is 78.4 Å². The highest BCUT2D eigenvalue weighted by molar-refractivity contribution is 5.65. The second kappa shape index (κ2) is 15.3. The number of ether oxygens (including phenoxy) is 2. The van der Waals surface area contributed by atoms with Crippen LogP contribution in [0.4, 0.5) is 0 Å². The Morgan fingerprint density at radius 1 is 0.656 bits per heavy atom. The minimum atomic E-state index is 0.0540. The van der Waals surface area contributed by atoms with Crippen LogP contribution >= 0.6 is 0 Å². The van der Waals surface area contributed by atoms with E-state index in [2.05, 4.69) is 27.7 Å². The summed E-state index contributed by atoms with van der Waals surface area (Å²) >= 11 is 0. The topological polar surface area (TPSA) is 58.9 Å². The Kier molecular flexibility index (Phi) is 13.6. The molecule has 0 aliphatic rings. The van der Waals surface area contributed by atoms with Crippen molar-refractivity contribution in [2.75, 3.05) is 14.2 Å². The molecule has 3 atom stereocenters. The van der Waals surface area contributed by atoms with Gasteiger partial charge in [-0.25, -0.2) is 0 Å². The Bertz CT molecular complexity index is 656. The van der Waals surface area contributed by atoms with Gasteiger partial charge in [-0.1, -0.05) is 91.9 Å². The monoisotopic (exact) mass is 450 g/mol. The van der Waals surface area contributed by atoms with Crippen LogP contribution < -0.4 is 9.47 Å². The Balaban J connectivity index is 2.37. The Hall–Kier alpha value is -1.58. The molecule has 4 heteroatoms. The Morgan fingerprint density at radius 3 is 1.56 bits per heavy atom. The molecule has 1 aromatic rings. The van der Waals surface area contributed by atoms with Crippen molar-refractivity contribution in [2.24, 2.45) is 17.8 Å². The van der Waals surface area contributed by atoms with Crippen molar-refractivity contribution in [1.82, 2.24) is 0 Å². The molecule has 0 saturated heterocycles. The molecule has 3 unspecified atom stereocenters. The zero-order chi connectivity index (χ0) is 24.1. The van der Waals surface area contributed by atoms with Gasteiger partial charge < -0.3 is 19.7 Å². The quantitative estimate of drug-likeness (QED) is 0.185. The van der Waals surface area contributed by atoms with E-state index in [9.17, 15) is 10.2 Å². The Labute approximate surface area is 197 Å². The molecule has 0 spiro atoms. The molecule has 2 N–H and O–H groups in total. The van der Waals surface area contributed by atoms with Crippen LogP contribution in [0.3, 0.4) is 0 Å². The maximum atomic E-state index is 10.6. The summed E-state index contributed by atoms with van der Waals surface area (Å²) in [6.07, 6.45) is 15.1. The third kappa shape index (κ3) is 9.11. The molecule has 4 nitrogen and oxygen atoms in total. The molecule has 0 aliphatic carbocycles. The summed E-state index contributed by atoms with van der Waals surface area (Å²) in [6.45, 7) is 11.2. The number of aromatic hydroxyl groups is 2. The van der Waals surface area contributed by atoms with E-state index < -0.39 is 0 Å². The molecule has 1 aromatic carbocycles. The lowest BCUT2D eigenvalue weighted by Gasteiger charge is -2.19. The number of phenolic OH excluding ortho intramolecular Hbond substituents is 2. The maximum absolute atomic E-state index is 10.6. The fourth-order valence-electron chi connectivity index (χ4n) is 4.72. The van der Waals surface area contributed by atoms with Crippen LogP contribution in [0.1, 0.15) is 109 Å². The van der Waals surface area contributed by atoms with Crippen molar-refractivity contribution in [3.8, 4) is 23.0 Å². The number of unbranched alkanes of at least 4 members (excludes halogenated alkanes) is 2. The summed E-state index contributed by atoms with van der Waals surface area (Å²) in [5.41, 5.74) is 1.43. The van der Waals surface area contributed by atoms with Gasteiger partial charge in [0, 0.05) is 11.1 Å². The molecule has 32 heavy (non-hydrogen) atoms. The summed E-state index contributed by atoms with van der Waals surface area (Å²) in [5, 5.41) is 21.1. The summed E-state index contributed by atoms with van der Waals surface area (Å²) in [5.74, 6) is 2.82. The first-order valence-corrected chi connectivity index (χ1v) is 12.9. The molecule has 0 saturated carbocycles. The minimum Gasteiger partial charge on any atom is -0.504 e. The molecular formula is C28H50O4. The van der Waals surface area contributed by atoms with Gasteiger partial charge >= 0.3 is 0 Å². The lowest BCUT2D eigenvalue weighted by molar-refractivity contribution is 0.313. The molecule has 0 amide bonds. The molecule has 0 aromatic heterocycles. The zero-order valence-corrected chi connectivity index (χ0v) is 21.9. The average molecular weight is 451 g/mol. The smallest absolute Gasteiger partial charge is 0.207 e. The summed E-state index contributed by atoms with van der Waals surface area (Å²) in [4.78, 5) is 0. The number of rotatable bonds is 17. The molecule has 0 bridgehead atoms. The van der Waals surface area contributed by atoms with Gasteiger partial charge in [0.2, 0.25) is 11.5 Å². The van der Waals surface area contributed by atoms with Crippen molar-refractivity contribution in [3.05, 3.63) is 11.1 Å². The molecule has 0 radical (unpaired) electrons. The predicted molar refractivity (Wildman–Crippen MR) is 135 cm³/mol. The summed E-state index contributed by atoms with van der Waals surface area (Å²) in [7, 11) is 2.94. The highest BCUT2D eigenvalue weighted by Crippen LogP contribution is 2.48. The number of hydrogen-bond acceptors (Lipinski definition) is 4. The third-order valence-corrected chi connectivity index (χ3v) is 7.11. The average Bonchev–Trinajstić information content (AvgIpc) is 2.76. The largest absolute Gasteiger partial charge is 0.504 e. The van der Waals surface area contributed by atoms with E-state index in [1.54, 1.807) is 0 Å². The van der Waals surface area contributed by atoms with Crippen LogP contribution in [0, 0.1) is 24.7 Å². The molecule has 1 rings (SSSR count). The predicted octanol–water partition coefficient (Wildman–Crippen LogP) is 8.19. The lowest BCUT2D eigenvalue weighted by atomic mass is 9.90. The van der Waals surface area contributed by atoms with Crippen molar-refractivity contribution >= 4 is 0 Å². The lowest BCUT2D eigenvalue weighted by Crippen LogP contribution is -2.03. The second-order valence-corrected chi connectivity index (χ2v) is 10.1. The normalized spacial score (nSPS) is 14.2. The van der Waals surface area contributed by atoms with Gasteiger partial charge in [0.1, 0.15) is 0 Å². The van der Waals surface area contributed by atoms with Crippen molar-refractivity contribution in [1.29, 1.82) is 0 Å². The van der Waals surface area contributed by atoms with Crippen LogP contribution in [-0.4, -0.2) is 24.4 Å². The van der Waals surface area contributed by atoms with Gasteiger partial charge in [-0.05, 0) is 37.5 Å². The van der Waals surface area contributed by atoms with Crippen molar-refractivity contribution < 1.29 is 19.7 Å². The van der Waals surface area contributed by atoms with E-state index in [0.717, 1.165) is 30.2 Å². The van der Waals surface area contributed by atoms with Crippen LogP contribution in [0.5, 0.6) is 23.0 Å². The van der Waals surface area contributed by atoms with Gasteiger partial charge in [-0.2, -0.15) is 0 Å². The first-order chi connectivity index (χ1) is 15.3. The van der Waals surface area contributed by atoms with E-state index in [4.69, 9.17) is 9.47 Å². The first kappa shape index (κ1) is 28.5. The first-order valence-electron chi connectivity index (χ1n) is 12.9. The van der Waals surface area contributed by atoms with E-state index >= 15 is 0 Å². The van der Waals surface area contributed by atoms with Crippen LogP contribution in [0.15, 0.2) is 0 Å². The van der Waals surface area contributed by atoms with Gasteiger partial charge in [0.25, 0.3) is 0 Å². The Morgan fingerprint density at radius 2 is 1.09 bits per heavy atom. The van der Waals surface area contributed by atoms with E-state index in [-0.39, 0.29) is 23.0 Å². The summed E-state index contributed by atoms with van der Waals surface area (Å²) in [6, 6.07) is 0. The highest BCUT2D eigenvalue weighted by Gasteiger charge is 2.23. The number of benzene rings is 1. The molecular weight excluding hydrogens is 400 g/mol. The summed E-state index contributed by atoms with van der Waals surface area (Å²) < 4.78 is 10.5. The highest BCUT2D eigenvalue weighted by atomic mass is 16.5. The third-order valence-electron chi connectivity index (χ3n) is 7.11. The maximum Gasteiger partial charge on any atom is 0.207 e. The molecule has 186 valence electrons. The van der Waals surface area contributed by atoms with Gasteiger partial charge in [0.15, 0.2) is 11.5 Å². The second-order valence-electron chi connectivity index (χ2n) is 10.1. The fraction of sp³-hybridized carbons (Fsp3) is 0.786. The van der Waals surface area contributed by atoms with Crippen LogP contribution in [-0.2, 0) is 6.42 Å².